The van der Waals surface area contributed by atoms with Gasteiger partial charge in [0.25, 0.3) is 0 Å². The van der Waals surface area contributed by atoms with Crippen LogP contribution < -0.4 is 0 Å². The lowest BCUT2D eigenvalue weighted by Crippen LogP contribution is -2.16. The molecule has 3 rings (SSSR count). The number of halogens is 2. The molecule has 0 N–H and O–H groups in total. The molecule has 220 valence electrons. The maximum Gasteiger partial charge on any atom is 0.193 e. The zero-order valence-electron chi connectivity index (χ0n) is 25.4. The Hall–Kier alpha value is -1.56. The first-order chi connectivity index (χ1) is 20.0. The second-order valence-electron chi connectivity index (χ2n) is 11.5. The van der Waals surface area contributed by atoms with Gasteiger partial charge in [0, 0.05) is 43.1 Å². The largest absolute Gasteiger partial charge is 0.289 e. The van der Waals surface area contributed by atoms with Crippen molar-refractivity contribution >= 4 is 44.3 Å². The molecule has 0 aromatic heterocycles. The summed E-state index contributed by atoms with van der Waals surface area (Å²) in [6.07, 6.45) is 23.5. The van der Waals surface area contributed by atoms with Crippen molar-refractivity contribution < 1.29 is 4.79 Å². The molecule has 0 aliphatic heterocycles. The highest BCUT2D eigenvalue weighted by molar-refractivity contribution is 14.1. The van der Waals surface area contributed by atoms with Gasteiger partial charge >= 0.3 is 0 Å². The van der Waals surface area contributed by atoms with E-state index in [4.69, 9.17) is 0 Å². The van der Waals surface area contributed by atoms with Crippen molar-refractivity contribution in [1.29, 1.82) is 0 Å². The molecule has 0 heterocycles. The molecule has 1 aliphatic rings. The third kappa shape index (κ3) is 11.6. The van der Waals surface area contributed by atoms with Crippen LogP contribution in [0.15, 0.2) is 28.7 Å². The van der Waals surface area contributed by atoms with Gasteiger partial charge < -0.3 is 0 Å². The molecule has 1 aliphatic carbocycles. The number of benzene rings is 2. The predicted molar refractivity (Wildman–Crippen MR) is 188 cm³/mol. The fourth-order valence-electron chi connectivity index (χ4n) is 5.51. The number of fused-ring (bicyclic) bond motifs is 2. The zero-order valence-corrected chi connectivity index (χ0v) is 29.2. The van der Waals surface area contributed by atoms with E-state index >= 15 is 0 Å². The minimum absolute atomic E-state index is 0.0999. The Morgan fingerprint density at radius 2 is 1.07 bits per heavy atom. The van der Waals surface area contributed by atoms with Crippen LogP contribution in [0.3, 0.4) is 0 Å². The van der Waals surface area contributed by atoms with Crippen molar-refractivity contribution in [1.82, 2.24) is 0 Å². The molecule has 0 fully saturated rings. The van der Waals surface area contributed by atoms with Crippen LogP contribution in [-0.2, 0) is 6.42 Å². The number of carbonyl (C=O) groups is 1. The Morgan fingerprint density at radius 1 is 0.634 bits per heavy atom. The van der Waals surface area contributed by atoms with E-state index in [1.807, 2.05) is 12.1 Å². The molecule has 0 bridgehead atoms. The van der Waals surface area contributed by atoms with Gasteiger partial charge in [0.15, 0.2) is 5.78 Å². The lowest BCUT2D eigenvalue weighted by atomic mass is 9.83. The molecule has 0 spiro atoms. The highest BCUT2D eigenvalue weighted by Crippen LogP contribution is 2.33. The van der Waals surface area contributed by atoms with Gasteiger partial charge in [-0.1, -0.05) is 127 Å². The number of hydrogen-bond donors (Lipinski definition) is 0. The van der Waals surface area contributed by atoms with Crippen molar-refractivity contribution in [2.75, 3.05) is 0 Å². The van der Waals surface area contributed by atoms with Gasteiger partial charge in [0.1, 0.15) is 0 Å². The van der Waals surface area contributed by atoms with E-state index in [1.165, 1.54) is 89.9 Å². The first-order valence-electron chi connectivity index (χ1n) is 16.2. The van der Waals surface area contributed by atoms with Crippen LogP contribution in [0.4, 0.5) is 0 Å². The second-order valence-corrected chi connectivity index (χ2v) is 13.6. The summed E-state index contributed by atoms with van der Waals surface area (Å²) < 4.78 is 2.11. The zero-order chi connectivity index (χ0) is 29.3. The first kappa shape index (κ1) is 33.9. The smallest absolute Gasteiger partial charge is 0.193 e. The quantitative estimate of drug-likeness (QED) is 0.0816. The summed E-state index contributed by atoms with van der Waals surface area (Å²) in [5.74, 6) is 13.8. The molecule has 3 heteroatoms. The fraction of sp³-hybridized carbons (Fsp3) is 0.553. The Labute approximate surface area is 272 Å². The van der Waals surface area contributed by atoms with Crippen LogP contribution in [0.25, 0.3) is 0 Å². The Kier molecular flexibility index (Phi) is 16.2. The first-order valence-corrected chi connectivity index (χ1v) is 18.1. The number of hydrogen-bond acceptors (Lipinski definition) is 1. The second kappa shape index (κ2) is 19.6. The molecule has 2 aromatic rings. The van der Waals surface area contributed by atoms with Crippen LogP contribution in [0.1, 0.15) is 168 Å². The van der Waals surface area contributed by atoms with E-state index in [0.717, 1.165) is 73.5 Å². The molecule has 2 aromatic carbocycles. The predicted octanol–water partition coefficient (Wildman–Crippen LogP) is 12.0. The van der Waals surface area contributed by atoms with Gasteiger partial charge in [-0.3, -0.25) is 4.79 Å². The third-order valence-electron chi connectivity index (χ3n) is 8.02. The summed E-state index contributed by atoms with van der Waals surface area (Å²) in [5, 5.41) is 0. The van der Waals surface area contributed by atoms with Gasteiger partial charge in [-0.2, -0.15) is 0 Å². The van der Waals surface area contributed by atoms with E-state index in [1.54, 1.807) is 0 Å². The Balaban J connectivity index is 1.66. The van der Waals surface area contributed by atoms with Crippen LogP contribution in [0.2, 0.25) is 0 Å². The fourth-order valence-corrected chi connectivity index (χ4v) is 6.39. The minimum Gasteiger partial charge on any atom is -0.289 e. The number of rotatable bonds is 16. The van der Waals surface area contributed by atoms with Crippen molar-refractivity contribution in [3.63, 3.8) is 0 Å². The average molecular weight is 728 g/mol. The van der Waals surface area contributed by atoms with E-state index in [9.17, 15) is 4.79 Å². The molecule has 0 saturated carbocycles. The standard InChI is InChI=1S/C38H48BrIO/c1-3-5-7-9-11-13-15-17-19-21-23-30-25-32-26-33-28-37(40)36(39)29-35(33)38(41)34(32)27-31(30)24-22-20-18-16-14-12-10-8-6-4-2/h25,27-29H,3-20,26H2,1-2H3. The van der Waals surface area contributed by atoms with Gasteiger partial charge in [-0.25, -0.2) is 0 Å². The maximum absolute atomic E-state index is 13.5. The van der Waals surface area contributed by atoms with E-state index in [0.29, 0.717) is 0 Å². The summed E-state index contributed by atoms with van der Waals surface area (Å²) in [5.41, 5.74) is 5.65. The number of ketones is 1. The van der Waals surface area contributed by atoms with Gasteiger partial charge in [0.05, 0.1) is 0 Å². The normalized spacial score (nSPS) is 11.8. The van der Waals surface area contributed by atoms with Crippen molar-refractivity contribution in [3.05, 3.63) is 65.7 Å². The number of unbranched alkanes of at least 4 members (excludes halogenated alkanes) is 16. The van der Waals surface area contributed by atoms with Gasteiger partial charge in [-0.05, 0) is 93.2 Å². The molecule has 0 radical (unpaired) electrons. The summed E-state index contributed by atoms with van der Waals surface area (Å²) >= 11 is 5.93. The summed E-state index contributed by atoms with van der Waals surface area (Å²) in [7, 11) is 0. The highest BCUT2D eigenvalue weighted by Gasteiger charge is 2.25. The van der Waals surface area contributed by atoms with Crippen molar-refractivity contribution in [2.45, 2.75) is 136 Å². The molecule has 1 nitrogen and oxygen atoms in total. The van der Waals surface area contributed by atoms with E-state index in [2.05, 4.69) is 88.2 Å². The molecule has 0 amide bonds. The van der Waals surface area contributed by atoms with E-state index in [-0.39, 0.29) is 5.78 Å². The van der Waals surface area contributed by atoms with Gasteiger partial charge in [-0.15, -0.1) is 0 Å². The molecule has 0 unspecified atom stereocenters. The number of carbonyl (C=O) groups excluding carboxylic acids is 1. The lowest BCUT2D eigenvalue weighted by molar-refractivity contribution is 0.103. The maximum atomic E-state index is 13.5. The Bertz CT molecular complexity index is 1250. The molecule has 0 saturated heterocycles. The summed E-state index contributed by atoms with van der Waals surface area (Å²) in [6.45, 7) is 4.54. The molecular weight excluding hydrogens is 679 g/mol. The van der Waals surface area contributed by atoms with Crippen LogP contribution >= 0.6 is 38.5 Å². The highest BCUT2D eigenvalue weighted by atomic mass is 127. The Morgan fingerprint density at radius 3 is 1.61 bits per heavy atom. The van der Waals surface area contributed by atoms with Crippen LogP contribution in [0.5, 0.6) is 0 Å². The molecular formula is C38H48BrIO. The minimum atomic E-state index is 0.0999. The summed E-state index contributed by atoms with van der Waals surface area (Å²) in [4.78, 5) is 13.5. The van der Waals surface area contributed by atoms with Crippen molar-refractivity contribution in [2.24, 2.45) is 0 Å². The average Bonchev–Trinajstić information content (AvgIpc) is 2.96. The van der Waals surface area contributed by atoms with Gasteiger partial charge in [0.2, 0.25) is 0 Å². The van der Waals surface area contributed by atoms with Crippen molar-refractivity contribution in [3.8, 4) is 23.7 Å². The van der Waals surface area contributed by atoms with Crippen LogP contribution in [0, 0.1) is 27.3 Å². The SMILES string of the molecule is CCCCCCCCCCC#Cc1cc2c(cc1C#CCCCCCCCCCC)C(=O)c1cc(Br)c(I)cc1C2. The summed E-state index contributed by atoms with van der Waals surface area (Å²) in [6, 6.07) is 8.28. The topological polar surface area (TPSA) is 17.1 Å². The molecule has 41 heavy (non-hydrogen) atoms. The third-order valence-corrected chi connectivity index (χ3v) is 10.3. The van der Waals surface area contributed by atoms with E-state index < -0.39 is 0 Å². The van der Waals surface area contributed by atoms with Crippen LogP contribution in [-0.4, -0.2) is 5.78 Å². The molecule has 0 atom stereocenters. The monoisotopic (exact) mass is 726 g/mol. The lowest BCUT2D eigenvalue weighted by Gasteiger charge is -2.20.